The summed E-state index contributed by atoms with van der Waals surface area (Å²) in [5, 5.41) is 4.00. The van der Waals surface area contributed by atoms with Gasteiger partial charge in [0.25, 0.3) is 0 Å². The van der Waals surface area contributed by atoms with E-state index in [0.717, 1.165) is 4.90 Å². The van der Waals surface area contributed by atoms with Crippen molar-refractivity contribution >= 4 is 34.8 Å². The fraction of sp³-hybridized carbons (Fsp3) is 0.455. The molecule has 1 aromatic heterocycles. The average molecular weight is 266 g/mol. The summed E-state index contributed by atoms with van der Waals surface area (Å²) in [7, 11) is 1.64. The number of anilines is 1. The Morgan fingerprint density at radius 1 is 1.50 bits per heavy atom. The lowest BCUT2D eigenvalue weighted by Crippen LogP contribution is -2.35. The molecule has 0 spiro atoms. The Balaban J connectivity index is 2.57. The van der Waals surface area contributed by atoms with Crippen molar-refractivity contribution < 1.29 is 9.59 Å². The molecule has 2 rings (SSSR count). The number of aryl methyl sites for hydroxylation is 1. The van der Waals surface area contributed by atoms with E-state index in [2.05, 4.69) is 5.10 Å². The summed E-state index contributed by atoms with van der Waals surface area (Å²) < 4.78 is 1.44. The molecule has 1 aromatic rings. The molecule has 1 fully saturated rings. The van der Waals surface area contributed by atoms with E-state index in [1.807, 2.05) is 0 Å². The molecule has 2 amide bonds. The predicted molar refractivity (Wildman–Crippen MR) is 70.0 cm³/mol. The third-order valence-corrected chi connectivity index (χ3v) is 3.23. The fourth-order valence-corrected chi connectivity index (χ4v) is 2.18. The Hall–Kier alpha value is -1.76. The van der Waals surface area contributed by atoms with Gasteiger partial charge in [-0.3, -0.25) is 14.3 Å². The first-order chi connectivity index (χ1) is 8.25. The number of hydrogen-bond acceptors (Lipinski definition) is 4. The average Bonchev–Trinajstić information content (AvgIpc) is 2.68. The summed E-state index contributed by atoms with van der Waals surface area (Å²) in [6.45, 7) is 3.48. The van der Waals surface area contributed by atoms with Gasteiger partial charge in [-0.2, -0.15) is 5.10 Å². The van der Waals surface area contributed by atoms with Gasteiger partial charge in [-0.15, -0.1) is 0 Å². The Kier molecular flexibility index (Phi) is 2.73. The molecule has 7 heteroatoms. The van der Waals surface area contributed by atoms with Crippen LogP contribution in [0.3, 0.4) is 0 Å². The predicted octanol–water partition coefficient (Wildman–Crippen LogP) is 0.344. The molecule has 2 heterocycles. The first-order valence-corrected chi connectivity index (χ1v) is 5.85. The number of carbonyl (C=O) groups excluding carboxylic acids is 2. The summed E-state index contributed by atoms with van der Waals surface area (Å²) in [6, 6.07) is 0. The number of thiocarbonyl (C=S) groups is 1. The minimum atomic E-state index is -0.700. The Labute approximate surface area is 110 Å². The van der Waals surface area contributed by atoms with E-state index in [4.69, 9.17) is 18.0 Å². The number of rotatable bonds is 2. The molecule has 96 valence electrons. The Bertz CT molecular complexity index is 561. The molecule has 0 aliphatic carbocycles. The second-order valence-corrected chi connectivity index (χ2v) is 5.40. The summed E-state index contributed by atoms with van der Waals surface area (Å²) in [4.78, 5) is 25.5. The minimum absolute atomic E-state index is 0.114. The third kappa shape index (κ3) is 1.71. The van der Waals surface area contributed by atoms with Crippen LogP contribution in [0.25, 0.3) is 0 Å². The Morgan fingerprint density at radius 2 is 2.11 bits per heavy atom. The molecule has 2 N–H and O–H groups in total. The number of amides is 2. The maximum Gasteiger partial charge on any atom is 0.241 e. The van der Waals surface area contributed by atoms with Crippen LogP contribution >= 0.6 is 12.2 Å². The molecule has 1 saturated heterocycles. The van der Waals surface area contributed by atoms with Crippen molar-refractivity contribution in [3.8, 4) is 0 Å². The van der Waals surface area contributed by atoms with Crippen LogP contribution in [-0.2, 0) is 16.6 Å². The second kappa shape index (κ2) is 3.88. The highest BCUT2D eigenvalue weighted by atomic mass is 32.1. The van der Waals surface area contributed by atoms with Gasteiger partial charge in [0.2, 0.25) is 11.8 Å². The Morgan fingerprint density at radius 3 is 2.56 bits per heavy atom. The van der Waals surface area contributed by atoms with Gasteiger partial charge in [0, 0.05) is 13.5 Å². The third-order valence-electron chi connectivity index (χ3n) is 3.01. The smallest absolute Gasteiger partial charge is 0.241 e. The highest BCUT2D eigenvalue weighted by molar-refractivity contribution is 7.80. The van der Waals surface area contributed by atoms with E-state index < -0.39 is 5.41 Å². The molecule has 0 bridgehead atoms. The summed E-state index contributed by atoms with van der Waals surface area (Å²) in [5.74, 6) is -0.164. The van der Waals surface area contributed by atoms with Gasteiger partial charge in [-0.25, -0.2) is 4.90 Å². The number of aromatic nitrogens is 2. The van der Waals surface area contributed by atoms with Crippen LogP contribution in [0.2, 0.25) is 0 Å². The molecule has 0 saturated carbocycles. The molecule has 0 atom stereocenters. The van der Waals surface area contributed by atoms with E-state index in [-0.39, 0.29) is 23.2 Å². The zero-order valence-electron chi connectivity index (χ0n) is 10.4. The number of nitrogens with two attached hydrogens (primary N) is 1. The molecule has 6 nitrogen and oxygen atoms in total. The topological polar surface area (TPSA) is 81.2 Å². The van der Waals surface area contributed by atoms with Crippen molar-refractivity contribution in [2.75, 3.05) is 4.90 Å². The van der Waals surface area contributed by atoms with Gasteiger partial charge in [-0.1, -0.05) is 26.1 Å². The highest BCUT2D eigenvalue weighted by Crippen LogP contribution is 2.36. The van der Waals surface area contributed by atoms with Crippen molar-refractivity contribution in [3.63, 3.8) is 0 Å². The fourth-order valence-electron chi connectivity index (χ4n) is 2.03. The number of nitrogens with zero attached hydrogens (tertiary/aromatic N) is 3. The maximum absolute atomic E-state index is 12.2. The lowest BCUT2D eigenvalue weighted by Gasteiger charge is -2.18. The van der Waals surface area contributed by atoms with E-state index in [1.165, 1.54) is 10.9 Å². The molecule has 0 radical (unpaired) electrons. The zero-order chi connectivity index (χ0) is 13.7. The highest BCUT2D eigenvalue weighted by Gasteiger charge is 2.47. The van der Waals surface area contributed by atoms with Crippen molar-refractivity contribution in [1.82, 2.24) is 9.78 Å². The lowest BCUT2D eigenvalue weighted by molar-refractivity contribution is -0.124. The van der Waals surface area contributed by atoms with Crippen molar-refractivity contribution in [1.29, 1.82) is 0 Å². The summed E-state index contributed by atoms with van der Waals surface area (Å²) in [5.41, 5.74) is 5.32. The van der Waals surface area contributed by atoms with Crippen LogP contribution in [0, 0.1) is 5.41 Å². The molecule has 18 heavy (non-hydrogen) atoms. The van der Waals surface area contributed by atoms with Gasteiger partial charge in [-0.05, 0) is 0 Å². The van der Waals surface area contributed by atoms with E-state index in [1.54, 1.807) is 20.9 Å². The standard InChI is InChI=1S/C11H14N4O2S/c1-11(2)4-7(16)15(10(11)17)9-6(8(12)18)5-13-14(9)3/h5H,4H2,1-3H3,(H2,12,18). The van der Waals surface area contributed by atoms with Crippen molar-refractivity contribution in [2.24, 2.45) is 18.2 Å². The second-order valence-electron chi connectivity index (χ2n) is 4.96. The first-order valence-electron chi connectivity index (χ1n) is 5.45. The SMILES string of the molecule is Cn1ncc(C(N)=S)c1N1C(=O)CC(C)(C)C1=O. The van der Waals surface area contributed by atoms with E-state index >= 15 is 0 Å². The first kappa shape index (κ1) is 12.7. The molecule has 0 aromatic carbocycles. The molecule has 1 aliphatic heterocycles. The molecule has 0 unspecified atom stereocenters. The van der Waals surface area contributed by atoms with Crippen LogP contribution in [0.15, 0.2) is 6.20 Å². The number of hydrogen-bond donors (Lipinski definition) is 1. The summed E-state index contributed by atoms with van der Waals surface area (Å²) >= 11 is 4.91. The van der Waals surface area contributed by atoms with Gasteiger partial charge >= 0.3 is 0 Å². The lowest BCUT2D eigenvalue weighted by atomic mass is 9.92. The van der Waals surface area contributed by atoms with Crippen LogP contribution < -0.4 is 10.6 Å². The van der Waals surface area contributed by atoms with Crippen LogP contribution in [-0.4, -0.2) is 26.6 Å². The zero-order valence-corrected chi connectivity index (χ0v) is 11.2. The quantitative estimate of drug-likeness (QED) is 0.617. The van der Waals surface area contributed by atoms with Crippen LogP contribution in [0.5, 0.6) is 0 Å². The number of carbonyl (C=O) groups is 2. The van der Waals surface area contributed by atoms with Crippen molar-refractivity contribution in [2.45, 2.75) is 20.3 Å². The van der Waals surface area contributed by atoms with Gasteiger partial charge < -0.3 is 5.73 Å². The molecular formula is C11H14N4O2S. The normalized spacial score (nSPS) is 18.5. The minimum Gasteiger partial charge on any atom is -0.389 e. The monoisotopic (exact) mass is 266 g/mol. The van der Waals surface area contributed by atoms with Crippen LogP contribution in [0.4, 0.5) is 5.82 Å². The molecular weight excluding hydrogens is 252 g/mol. The van der Waals surface area contributed by atoms with Gasteiger partial charge in [0.05, 0.1) is 17.2 Å². The van der Waals surface area contributed by atoms with Crippen LogP contribution in [0.1, 0.15) is 25.8 Å². The van der Waals surface area contributed by atoms with E-state index in [0.29, 0.717) is 11.4 Å². The van der Waals surface area contributed by atoms with Gasteiger partial charge in [0.15, 0.2) is 5.82 Å². The van der Waals surface area contributed by atoms with E-state index in [9.17, 15) is 9.59 Å². The number of imide groups is 1. The maximum atomic E-state index is 12.2. The van der Waals surface area contributed by atoms with Crippen molar-refractivity contribution in [3.05, 3.63) is 11.8 Å². The molecule has 1 aliphatic rings. The van der Waals surface area contributed by atoms with Gasteiger partial charge in [0.1, 0.15) is 4.99 Å². The summed E-state index contributed by atoms with van der Waals surface area (Å²) in [6.07, 6.45) is 1.64. The largest absolute Gasteiger partial charge is 0.389 e.